The molecule has 0 atom stereocenters. The van der Waals surface area contributed by atoms with Gasteiger partial charge >= 0.3 is 26.2 Å². The van der Waals surface area contributed by atoms with Crippen LogP contribution in [0.1, 0.15) is 12.5 Å². The van der Waals surface area contributed by atoms with Crippen molar-refractivity contribution in [2.24, 2.45) is 0 Å². The molecule has 0 radical (unpaired) electrons. The normalized spacial score (nSPS) is 9.36. The summed E-state index contributed by atoms with van der Waals surface area (Å²) in [5.41, 5.74) is 4.85. The molecular formula is C21H20Zr. The van der Waals surface area contributed by atoms with E-state index in [1.165, 1.54) is 33.5 Å². The smallest absolute Gasteiger partial charge is 0.293 e. The summed E-state index contributed by atoms with van der Waals surface area (Å²) >= 11 is 0. The van der Waals surface area contributed by atoms with Gasteiger partial charge in [0.1, 0.15) is 0 Å². The van der Waals surface area contributed by atoms with E-state index in [0.717, 1.165) is 5.57 Å². The summed E-state index contributed by atoms with van der Waals surface area (Å²) < 4.78 is 0. The Labute approximate surface area is 152 Å². The Morgan fingerprint density at radius 2 is 1.73 bits per heavy atom. The molecule has 0 aliphatic rings. The maximum absolute atomic E-state index is 4.95. The number of fused-ring (bicyclic) bond motifs is 1. The summed E-state index contributed by atoms with van der Waals surface area (Å²) in [5.74, 6) is 0. The van der Waals surface area contributed by atoms with Crippen LogP contribution in [0.15, 0.2) is 78.9 Å². The van der Waals surface area contributed by atoms with Crippen LogP contribution in [0.2, 0.25) is 0 Å². The number of aryl methyl sites for hydroxylation is 1. The fourth-order valence-electron chi connectivity index (χ4n) is 2.25. The van der Waals surface area contributed by atoms with E-state index >= 15 is 0 Å². The second-order valence-corrected chi connectivity index (χ2v) is 5.22. The molecule has 0 saturated carbocycles. The first-order valence-corrected chi connectivity index (χ1v) is 7.03. The number of hydrogen-bond donors (Lipinski definition) is 0. The predicted octanol–water partition coefficient (Wildman–Crippen LogP) is 6.08. The van der Waals surface area contributed by atoms with Gasteiger partial charge in [-0.1, -0.05) is 48.9 Å². The number of hydrogen-bond acceptors (Lipinski definition) is 0. The van der Waals surface area contributed by atoms with Gasteiger partial charge in [0.05, 0.1) is 0 Å². The van der Waals surface area contributed by atoms with E-state index in [1.54, 1.807) is 0 Å². The molecule has 3 aromatic carbocycles. The monoisotopic (exact) mass is 362 g/mol. The number of allylic oxidation sites excluding steroid dienone is 2. The Kier molecular flexibility index (Phi) is 7.35. The van der Waals surface area contributed by atoms with E-state index in [9.17, 15) is 0 Å². The summed E-state index contributed by atoms with van der Waals surface area (Å²) in [6.07, 6.45) is 1.47. The third kappa shape index (κ3) is 4.71. The van der Waals surface area contributed by atoms with Crippen LogP contribution in [-0.2, 0) is 26.2 Å². The van der Waals surface area contributed by atoms with E-state index in [4.69, 9.17) is 6.58 Å². The quantitative estimate of drug-likeness (QED) is 0.382. The molecule has 0 aliphatic heterocycles. The summed E-state index contributed by atoms with van der Waals surface area (Å²) in [4.78, 5) is 0. The molecule has 0 aliphatic carbocycles. The van der Waals surface area contributed by atoms with E-state index < -0.39 is 0 Å². The van der Waals surface area contributed by atoms with Crippen molar-refractivity contribution in [3.63, 3.8) is 0 Å². The van der Waals surface area contributed by atoms with Crippen molar-refractivity contribution in [1.29, 1.82) is 0 Å². The molecule has 0 bridgehead atoms. The molecule has 108 valence electrons. The molecule has 0 fully saturated rings. The largest absolute Gasteiger partial charge is 2.00 e. The Morgan fingerprint density at radius 3 is 2.32 bits per heavy atom. The minimum Gasteiger partial charge on any atom is -0.293 e. The van der Waals surface area contributed by atoms with Crippen molar-refractivity contribution in [1.82, 2.24) is 0 Å². The van der Waals surface area contributed by atoms with Gasteiger partial charge in [-0.2, -0.15) is 12.6 Å². The zero-order valence-corrected chi connectivity index (χ0v) is 15.6. The second-order valence-electron chi connectivity index (χ2n) is 5.22. The molecule has 0 spiro atoms. The molecule has 3 rings (SSSR count). The van der Waals surface area contributed by atoms with Crippen molar-refractivity contribution < 1.29 is 26.2 Å². The average Bonchev–Trinajstić information content (AvgIpc) is 2.88. The van der Waals surface area contributed by atoms with Crippen molar-refractivity contribution in [2.45, 2.75) is 13.8 Å². The zero-order valence-electron chi connectivity index (χ0n) is 13.1. The SMILES string of the molecule is Cc1cc2c(-c3ccccc3)cccc2[cH-]1.[CH-]=CC(=C)C.[Zr+2]. The summed E-state index contributed by atoms with van der Waals surface area (Å²) in [5, 5.41) is 2.69. The van der Waals surface area contributed by atoms with E-state index in [0.29, 0.717) is 0 Å². The minimum atomic E-state index is 0. The zero-order chi connectivity index (χ0) is 15.2. The van der Waals surface area contributed by atoms with Gasteiger partial charge in [0, 0.05) is 0 Å². The third-order valence-corrected chi connectivity index (χ3v) is 3.26. The van der Waals surface area contributed by atoms with Gasteiger partial charge in [-0.15, -0.1) is 41.5 Å². The molecule has 0 nitrogen and oxygen atoms in total. The Hall–Kier alpha value is -1.59. The van der Waals surface area contributed by atoms with Crippen LogP contribution in [0.5, 0.6) is 0 Å². The van der Waals surface area contributed by atoms with E-state index in [2.05, 4.69) is 74.2 Å². The second kappa shape index (κ2) is 8.76. The number of rotatable bonds is 2. The van der Waals surface area contributed by atoms with Crippen LogP contribution >= 0.6 is 0 Å². The maximum Gasteiger partial charge on any atom is 2.00 e. The molecule has 0 heterocycles. The van der Waals surface area contributed by atoms with Crippen molar-refractivity contribution in [2.75, 3.05) is 0 Å². The fraction of sp³-hybridized carbons (Fsp3) is 0.0952. The molecule has 0 saturated heterocycles. The maximum atomic E-state index is 4.95. The van der Waals surface area contributed by atoms with Gasteiger partial charge in [0.25, 0.3) is 0 Å². The first kappa shape index (κ1) is 18.5. The van der Waals surface area contributed by atoms with Crippen molar-refractivity contribution >= 4 is 10.8 Å². The Morgan fingerprint density at radius 1 is 1.09 bits per heavy atom. The van der Waals surface area contributed by atoms with Gasteiger partial charge in [-0.25, -0.2) is 11.6 Å². The van der Waals surface area contributed by atoms with Gasteiger partial charge < -0.3 is 0 Å². The summed E-state index contributed by atoms with van der Waals surface area (Å²) in [7, 11) is 0. The van der Waals surface area contributed by atoms with Crippen LogP contribution < -0.4 is 0 Å². The van der Waals surface area contributed by atoms with E-state index in [1.807, 2.05) is 6.92 Å². The Bertz CT molecular complexity index is 748. The average molecular weight is 364 g/mol. The fourth-order valence-corrected chi connectivity index (χ4v) is 2.25. The molecule has 0 amide bonds. The molecule has 0 aromatic heterocycles. The van der Waals surface area contributed by atoms with Crippen LogP contribution in [0, 0.1) is 13.5 Å². The molecule has 22 heavy (non-hydrogen) atoms. The molecule has 1 heteroatoms. The number of benzene rings is 2. The van der Waals surface area contributed by atoms with Crippen LogP contribution in [0.25, 0.3) is 21.9 Å². The topological polar surface area (TPSA) is 0 Å². The first-order chi connectivity index (χ1) is 10.1. The first-order valence-electron chi connectivity index (χ1n) is 7.03. The van der Waals surface area contributed by atoms with Crippen molar-refractivity contribution in [3.05, 3.63) is 91.0 Å². The van der Waals surface area contributed by atoms with Gasteiger partial charge in [0.2, 0.25) is 0 Å². The summed E-state index contributed by atoms with van der Waals surface area (Å²) in [6, 6.07) is 21.6. The van der Waals surface area contributed by atoms with Crippen molar-refractivity contribution in [3.8, 4) is 11.1 Å². The predicted molar refractivity (Wildman–Crippen MR) is 93.4 cm³/mol. The van der Waals surface area contributed by atoms with Gasteiger partial charge in [0.15, 0.2) is 0 Å². The van der Waals surface area contributed by atoms with Gasteiger partial charge in [-0.3, -0.25) is 6.58 Å². The molecule has 0 N–H and O–H groups in total. The molecule has 0 unspecified atom stereocenters. The third-order valence-electron chi connectivity index (χ3n) is 3.26. The molecule has 3 aromatic rings. The van der Waals surface area contributed by atoms with Crippen LogP contribution in [-0.4, -0.2) is 0 Å². The Balaban J connectivity index is 0.000000356. The standard InChI is InChI=1S/C16H13.C5H7.Zr/c1-12-10-14-8-5-9-15(16(14)11-12)13-6-3-2-4-7-13;1-4-5(2)3;/h2-11H,1H3;1,4H,2H2,3H3;/q2*-1;+2. The summed E-state index contributed by atoms with van der Waals surface area (Å²) in [6.45, 7) is 12.4. The van der Waals surface area contributed by atoms with Crippen LogP contribution in [0.4, 0.5) is 0 Å². The van der Waals surface area contributed by atoms with E-state index in [-0.39, 0.29) is 26.2 Å². The minimum absolute atomic E-state index is 0. The van der Waals surface area contributed by atoms with Gasteiger partial charge in [-0.05, 0) is 5.56 Å². The molecular weight excluding hydrogens is 343 g/mol. The van der Waals surface area contributed by atoms with Crippen LogP contribution in [0.3, 0.4) is 0 Å².